The number of rotatable bonds is 6. The van der Waals surface area contributed by atoms with Crippen molar-refractivity contribution in [2.45, 2.75) is 31.8 Å². The molecule has 2 unspecified atom stereocenters. The van der Waals surface area contributed by atoms with Crippen molar-refractivity contribution in [3.63, 3.8) is 0 Å². The molecule has 0 amide bonds. The molecule has 0 saturated heterocycles. The van der Waals surface area contributed by atoms with Crippen LogP contribution in [-0.4, -0.2) is 6.04 Å². The molecule has 2 aromatic heterocycles. The molecule has 0 fully saturated rings. The molecule has 0 spiro atoms. The molecule has 2 heterocycles. The highest BCUT2D eigenvalue weighted by atomic mass is 35.5. The van der Waals surface area contributed by atoms with Crippen molar-refractivity contribution in [2.75, 3.05) is 0 Å². The zero-order valence-electron chi connectivity index (χ0n) is 10.7. The van der Waals surface area contributed by atoms with Crippen LogP contribution in [0.15, 0.2) is 29.6 Å². The van der Waals surface area contributed by atoms with E-state index in [2.05, 4.69) is 41.7 Å². The van der Waals surface area contributed by atoms with E-state index in [0.717, 1.165) is 17.2 Å². The molecule has 0 aliphatic rings. The lowest BCUT2D eigenvalue weighted by atomic mass is 10.1. The Morgan fingerprint density at radius 1 is 1.37 bits per heavy atom. The van der Waals surface area contributed by atoms with Crippen LogP contribution < -0.4 is 5.32 Å². The highest BCUT2D eigenvalue weighted by Gasteiger charge is 2.20. The van der Waals surface area contributed by atoms with Gasteiger partial charge in [-0.25, -0.2) is 0 Å². The van der Waals surface area contributed by atoms with Crippen molar-refractivity contribution < 1.29 is 0 Å². The Morgan fingerprint density at radius 3 is 2.74 bits per heavy atom. The van der Waals surface area contributed by atoms with Crippen molar-refractivity contribution in [2.24, 2.45) is 0 Å². The summed E-state index contributed by atoms with van der Waals surface area (Å²) in [7, 11) is 0. The summed E-state index contributed by atoms with van der Waals surface area (Å²) in [5.74, 6) is 2.74. The van der Waals surface area contributed by atoms with Crippen LogP contribution in [0, 0.1) is 12.3 Å². The summed E-state index contributed by atoms with van der Waals surface area (Å²) in [6, 6.07) is 8.79. The maximum atomic E-state index is 6.06. The topological polar surface area (TPSA) is 12.0 Å². The van der Waals surface area contributed by atoms with Gasteiger partial charge in [-0.2, -0.15) is 0 Å². The summed E-state index contributed by atoms with van der Waals surface area (Å²) in [5.41, 5.74) is 0. The molecule has 0 radical (unpaired) electrons. The molecule has 0 bridgehead atoms. The summed E-state index contributed by atoms with van der Waals surface area (Å²) in [6.07, 6.45) is 7.20. The molecule has 2 aromatic rings. The van der Waals surface area contributed by atoms with E-state index in [9.17, 15) is 0 Å². The van der Waals surface area contributed by atoms with Gasteiger partial charge in [-0.3, -0.25) is 0 Å². The normalized spacial score (nSPS) is 13.9. The molecule has 1 nitrogen and oxygen atoms in total. The molecule has 19 heavy (non-hydrogen) atoms. The van der Waals surface area contributed by atoms with E-state index in [1.807, 2.05) is 6.07 Å². The molecule has 4 heteroatoms. The molecular formula is C15H16ClNS2. The van der Waals surface area contributed by atoms with E-state index in [1.54, 1.807) is 22.7 Å². The summed E-state index contributed by atoms with van der Waals surface area (Å²) in [6.45, 7) is 2.15. The van der Waals surface area contributed by atoms with E-state index in [0.29, 0.717) is 6.04 Å². The van der Waals surface area contributed by atoms with Gasteiger partial charge in [0.05, 0.1) is 10.4 Å². The lowest BCUT2D eigenvalue weighted by Gasteiger charge is -2.22. The zero-order valence-corrected chi connectivity index (χ0v) is 13.1. The highest BCUT2D eigenvalue weighted by molar-refractivity contribution is 7.16. The number of thiophene rings is 2. The molecule has 2 atom stereocenters. The second-order valence-electron chi connectivity index (χ2n) is 4.27. The van der Waals surface area contributed by atoms with Crippen LogP contribution in [0.5, 0.6) is 0 Å². The van der Waals surface area contributed by atoms with E-state index in [1.165, 1.54) is 9.75 Å². The molecular weight excluding hydrogens is 294 g/mol. The third-order valence-corrected chi connectivity index (χ3v) is 5.20. The highest BCUT2D eigenvalue weighted by Crippen LogP contribution is 2.33. The number of nitrogens with one attached hydrogen (secondary N) is 1. The van der Waals surface area contributed by atoms with E-state index < -0.39 is 0 Å². The first kappa shape index (κ1) is 14.6. The fourth-order valence-corrected chi connectivity index (χ4v) is 3.96. The SMILES string of the molecule is C#CCC(CC)NC(c1cccs1)c1ccc(Cl)s1. The van der Waals surface area contributed by atoms with Gasteiger partial charge in [-0.05, 0) is 30.0 Å². The maximum absolute atomic E-state index is 6.06. The predicted octanol–water partition coefficient (Wildman–Crippen LogP) is 4.94. The molecule has 0 aliphatic heterocycles. The van der Waals surface area contributed by atoms with E-state index in [-0.39, 0.29) is 6.04 Å². The third-order valence-electron chi connectivity index (χ3n) is 2.97. The van der Waals surface area contributed by atoms with Crippen molar-refractivity contribution in [1.82, 2.24) is 5.32 Å². The monoisotopic (exact) mass is 309 g/mol. The fraction of sp³-hybridized carbons (Fsp3) is 0.333. The van der Waals surface area contributed by atoms with Crippen LogP contribution in [0.2, 0.25) is 4.34 Å². The van der Waals surface area contributed by atoms with Crippen molar-refractivity contribution in [3.05, 3.63) is 43.7 Å². The average molecular weight is 310 g/mol. The van der Waals surface area contributed by atoms with Crippen molar-refractivity contribution in [3.8, 4) is 12.3 Å². The van der Waals surface area contributed by atoms with Crippen LogP contribution in [-0.2, 0) is 0 Å². The van der Waals surface area contributed by atoms with Crippen LogP contribution in [0.25, 0.3) is 0 Å². The lowest BCUT2D eigenvalue weighted by Crippen LogP contribution is -2.32. The lowest BCUT2D eigenvalue weighted by molar-refractivity contribution is 0.472. The maximum Gasteiger partial charge on any atom is 0.0931 e. The Hall–Kier alpha value is -0.790. The minimum atomic E-state index is 0.191. The molecule has 0 aliphatic carbocycles. The average Bonchev–Trinajstić information content (AvgIpc) is 3.06. The van der Waals surface area contributed by atoms with E-state index >= 15 is 0 Å². The van der Waals surface area contributed by atoms with Gasteiger partial charge in [0.25, 0.3) is 0 Å². The van der Waals surface area contributed by atoms with Gasteiger partial charge in [0.15, 0.2) is 0 Å². The second kappa shape index (κ2) is 7.12. The van der Waals surface area contributed by atoms with Gasteiger partial charge in [-0.1, -0.05) is 24.6 Å². The van der Waals surface area contributed by atoms with Gasteiger partial charge in [0, 0.05) is 22.2 Å². The molecule has 100 valence electrons. The fourth-order valence-electron chi connectivity index (χ4n) is 1.94. The quantitative estimate of drug-likeness (QED) is 0.745. The Bertz CT molecular complexity index is 539. The van der Waals surface area contributed by atoms with Crippen LogP contribution in [0.1, 0.15) is 35.6 Å². The third kappa shape index (κ3) is 3.84. The van der Waals surface area contributed by atoms with Gasteiger partial charge in [-0.15, -0.1) is 35.0 Å². The van der Waals surface area contributed by atoms with Crippen LogP contribution >= 0.6 is 34.3 Å². The predicted molar refractivity (Wildman–Crippen MR) is 86.2 cm³/mol. The Labute approximate surface area is 127 Å². The Balaban J connectivity index is 2.23. The molecule has 2 rings (SSSR count). The largest absolute Gasteiger partial charge is 0.301 e. The number of halogens is 1. The Kier molecular flexibility index (Phi) is 5.47. The molecule has 0 aromatic carbocycles. The molecule has 1 N–H and O–H groups in total. The second-order valence-corrected chi connectivity index (χ2v) is 7.00. The van der Waals surface area contributed by atoms with Gasteiger partial charge in [0.1, 0.15) is 0 Å². The van der Waals surface area contributed by atoms with Gasteiger partial charge >= 0.3 is 0 Å². The van der Waals surface area contributed by atoms with E-state index in [4.69, 9.17) is 18.0 Å². The minimum Gasteiger partial charge on any atom is -0.301 e. The van der Waals surface area contributed by atoms with Gasteiger partial charge in [0.2, 0.25) is 0 Å². The molecule has 0 saturated carbocycles. The number of terminal acetylenes is 1. The number of hydrogen-bond donors (Lipinski definition) is 1. The van der Waals surface area contributed by atoms with Crippen molar-refractivity contribution in [1.29, 1.82) is 0 Å². The summed E-state index contributed by atoms with van der Waals surface area (Å²) in [5, 5.41) is 5.75. The van der Waals surface area contributed by atoms with Crippen molar-refractivity contribution >= 4 is 34.3 Å². The van der Waals surface area contributed by atoms with Crippen LogP contribution in [0.3, 0.4) is 0 Å². The zero-order chi connectivity index (χ0) is 13.7. The summed E-state index contributed by atoms with van der Waals surface area (Å²) >= 11 is 9.44. The first-order valence-electron chi connectivity index (χ1n) is 6.22. The smallest absolute Gasteiger partial charge is 0.0931 e. The first-order chi connectivity index (χ1) is 9.24. The first-order valence-corrected chi connectivity index (χ1v) is 8.30. The minimum absolute atomic E-state index is 0.191. The summed E-state index contributed by atoms with van der Waals surface area (Å²) < 4.78 is 0.823. The van der Waals surface area contributed by atoms with Crippen LogP contribution in [0.4, 0.5) is 0 Å². The van der Waals surface area contributed by atoms with Gasteiger partial charge < -0.3 is 5.32 Å². The standard InChI is InChI=1S/C15H16ClNS2/c1-3-6-11(4-2)17-15(12-7-5-10-18-12)13-8-9-14(16)19-13/h1,5,7-11,15,17H,4,6H2,2H3. The number of hydrogen-bond acceptors (Lipinski definition) is 3. The Morgan fingerprint density at radius 2 is 2.21 bits per heavy atom. The summed E-state index contributed by atoms with van der Waals surface area (Å²) in [4.78, 5) is 2.54.